The van der Waals surface area contributed by atoms with E-state index in [4.69, 9.17) is 0 Å². The second-order valence-corrected chi connectivity index (χ2v) is 19.4. The van der Waals surface area contributed by atoms with Crippen molar-refractivity contribution in [2.75, 3.05) is 4.90 Å². The summed E-state index contributed by atoms with van der Waals surface area (Å²) in [4.78, 5) is 2.54. The van der Waals surface area contributed by atoms with E-state index in [0.29, 0.717) is 0 Å². The molecular weight excluding hydrogens is 815 g/mol. The molecule has 1 atom stereocenters. The van der Waals surface area contributed by atoms with E-state index in [1.54, 1.807) is 0 Å². The van der Waals surface area contributed by atoms with Gasteiger partial charge in [-0.25, -0.2) is 0 Å². The first kappa shape index (κ1) is 38.7. The lowest BCUT2D eigenvalue weighted by Crippen LogP contribution is -2.28. The molecule has 0 spiro atoms. The first-order chi connectivity index (χ1) is 32.5. The molecule has 0 bridgehead atoms. The van der Waals surface area contributed by atoms with Gasteiger partial charge in [-0.05, 0) is 97.1 Å². The van der Waals surface area contributed by atoms with Gasteiger partial charge in [0.05, 0.1) is 16.8 Å². The molecule has 0 saturated carbocycles. The van der Waals surface area contributed by atoms with Gasteiger partial charge >= 0.3 is 0 Å². The maximum atomic E-state index is 2.54. The van der Waals surface area contributed by atoms with Crippen molar-refractivity contribution in [3.63, 3.8) is 0 Å². The van der Waals surface area contributed by atoms with E-state index in [1.165, 1.54) is 98.1 Å². The first-order valence-electron chi connectivity index (χ1n) is 23.0. The number of thiophene rings is 1. The Morgan fingerprint density at radius 1 is 0.364 bits per heavy atom. The minimum Gasteiger partial charge on any atom is -0.309 e. The first-order valence-corrected chi connectivity index (χ1v) is 23.8. The summed E-state index contributed by atoms with van der Waals surface area (Å²) in [5.41, 5.74) is 20.5. The summed E-state index contributed by atoms with van der Waals surface area (Å²) in [5, 5.41) is 2.64. The third-order valence-corrected chi connectivity index (χ3v) is 15.8. The average molecular weight is 860 g/mol. The van der Waals surface area contributed by atoms with E-state index in [2.05, 4.69) is 255 Å². The third-order valence-electron chi connectivity index (χ3n) is 14.6. The minimum absolute atomic E-state index is 0.0978. The number of hydrogen-bond donors (Lipinski definition) is 0. The SMILES string of the molecule is CC1(C)c2ccccc2-c2cc(N(c3ccccc3-c3ccccc3)c3cccc4c3-c3ccccc3C4(c3ccccc3)c3ccc(-c4cccc5c4sc4ccccc45)cc3)ccc21. The average Bonchev–Trinajstić information content (AvgIpc) is 3.99. The van der Waals surface area contributed by atoms with Crippen molar-refractivity contribution in [1.29, 1.82) is 0 Å². The van der Waals surface area contributed by atoms with Crippen LogP contribution in [0.4, 0.5) is 17.1 Å². The van der Waals surface area contributed by atoms with Gasteiger partial charge in [0, 0.05) is 42.4 Å². The topological polar surface area (TPSA) is 3.24 Å². The van der Waals surface area contributed by atoms with Crippen LogP contribution >= 0.6 is 11.3 Å². The minimum atomic E-state index is -0.586. The quantitative estimate of drug-likeness (QED) is 0.154. The molecule has 0 radical (unpaired) electrons. The molecule has 10 aromatic carbocycles. The van der Waals surface area contributed by atoms with Gasteiger partial charge in [-0.3, -0.25) is 0 Å². The highest BCUT2D eigenvalue weighted by atomic mass is 32.1. The Kier molecular flexibility index (Phi) is 8.72. The van der Waals surface area contributed by atoms with Gasteiger partial charge in [0.25, 0.3) is 0 Å². The lowest BCUT2D eigenvalue weighted by molar-refractivity contribution is 0.660. The highest BCUT2D eigenvalue weighted by Crippen LogP contribution is 2.60. The predicted molar refractivity (Wildman–Crippen MR) is 280 cm³/mol. The van der Waals surface area contributed by atoms with E-state index in [0.717, 1.165) is 17.1 Å². The molecule has 0 N–H and O–H groups in total. The number of hydrogen-bond acceptors (Lipinski definition) is 2. The van der Waals surface area contributed by atoms with E-state index in [1.807, 2.05) is 11.3 Å². The molecule has 0 fully saturated rings. The normalized spacial score (nSPS) is 15.3. The van der Waals surface area contributed by atoms with Gasteiger partial charge in [-0.2, -0.15) is 0 Å². The molecule has 312 valence electrons. The summed E-state index contributed by atoms with van der Waals surface area (Å²) in [6.07, 6.45) is 0. The summed E-state index contributed by atoms with van der Waals surface area (Å²) in [6, 6.07) is 88.4. The van der Waals surface area contributed by atoms with Crippen LogP contribution < -0.4 is 4.90 Å². The molecule has 2 aliphatic carbocycles. The molecule has 0 aliphatic heterocycles. The monoisotopic (exact) mass is 859 g/mol. The van der Waals surface area contributed by atoms with Gasteiger partial charge in [0.15, 0.2) is 0 Å². The number of para-hydroxylation sites is 1. The molecule has 0 amide bonds. The predicted octanol–water partition coefficient (Wildman–Crippen LogP) is 17.5. The summed E-state index contributed by atoms with van der Waals surface area (Å²) in [7, 11) is 0. The van der Waals surface area contributed by atoms with Crippen LogP contribution in [0.15, 0.2) is 237 Å². The van der Waals surface area contributed by atoms with Crippen molar-refractivity contribution in [3.05, 3.63) is 270 Å². The Bertz CT molecular complexity index is 3670. The highest BCUT2D eigenvalue weighted by Gasteiger charge is 2.47. The molecule has 1 unspecified atom stereocenters. The Hall–Kier alpha value is -7.78. The molecular formula is C64H45NS. The highest BCUT2D eigenvalue weighted by molar-refractivity contribution is 7.26. The number of fused-ring (bicyclic) bond motifs is 9. The van der Waals surface area contributed by atoms with Crippen LogP contribution in [0.2, 0.25) is 0 Å². The summed E-state index contributed by atoms with van der Waals surface area (Å²) in [5.74, 6) is 0. The van der Waals surface area contributed by atoms with Crippen molar-refractivity contribution in [1.82, 2.24) is 0 Å². The van der Waals surface area contributed by atoms with Crippen molar-refractivity contribution in [2.24, 2.45) is 0 Å². The van der Waals surface area contributed by atoms with Crippen LogP contribution in [0.1, 0.15) is 47.2 Å². The molecule has 1 nitrogen and oxygen atoms in total. The molecule has 66 heavy (non-hydrogen) atoms. The van der Waals surface area contributed by atoms with Gasteiger partial charge in [-0.15, -0.1) is 11.3 Å². The van der Waals surface area contributed by atoms with Gasteiger partial charge in [-0.1, -0.05) is 220 Å². The Balaban J connectivity index is 1.06. The maximum absolute atomic E-state index is 2.54. The Labute approximate surface area is 390 Å². The van der Waals surface area contributed by atoms with Crippen LogP contribution in [0.5, 0.6) is 0 Å². The van der Waals surface area contributed by atoms with Crippen LogP contribution in [0, 0.1) is 0 Å². The molecule has 13 rings (SSSR count). The summed E-state index contributed by atoms with van der Waals surface area (Å²) in [6.45, 7) is 4.72. The third kappa shape index (κ3) is 5.58. The lowest BCUT2D eigenvalue weighted by Gasteiger charge is -2.35. The van der Waals surface area contributed by atoms with Crippen LogP contribution in [-0.2, 0) is 10.8 Å². The van der Waals surface area contributed by atoms with Crippen LogP contribution in [0.3, 0.4) is 0 Å². The summed E-state index contributed by atoms with van der Waals surface area (Å²) < 4.78 is 2.66. The molecule has 2 aliphatic rings. The zero-order chi connectivity index (χ0) is 44.0. The molecule has 1 heterocycles. The zero-order valence-corrected chi connectivity index (χ0v) is 37.7. The van der Waals surface area contributed by atoms with Gasteiger partial charge in [0.1, 0.15) is 0 Å². The van der Waals surface area contributed by atoms with E-state index >= 15 is 0 Å². The van der Waals surface area contributed by atoms with Crippen LogP contribution in [-0.4, -0.2) is 0 Å². The van der Waals surface area contributed by atoms with E-state index < -0.39 is 5.41 Å². The van der Waals surface area contributed by atoms with Crippen LogP contribution in [0.25, 0.3) is 64.7 Å². The van der Waals surface area contributed by atoms with Gasteiger partial charge < -0.3 is 4.90 Å². The van der Waals surface area contributed by atoms with Crippen molar-refractivity contribution < 1.29 is 0 Å². The fourth-order valence-electron chi connectivity index (χ4n) is 11.6. The second-order valence-electron chi connectivity index (χ2n) is 18.3. The van der Waals surface area contributed by atoms with E-state index in [9.17, 15) is 0 Å². The fourth-order valence-corrected chi connectivity index (χ4v) is 12.9. The molecule has 1 aromatic heterocycles. The van der Waals surface area contributed by atoms with Crippen molar-refractivity contribution in [3.8, 4) is 44.5 Å². The molecule has 0 saturated heterocycles. The molecule has 2 heteroatoms. The maximum Gasteiger partial charge on any atom is 0.0714 e. The number of nitrogens with zero attached hydrogens (tertiary/aromatic N) is 1. The lowest BCUT2D eigenvalue weighted by atomic mass is 9.67. The van der Waals surface area contributed by atoms with Crippen molar-refractivity contribution >= 4 is 48.6 Å². The smallest absolute Gasteiger partial charge is 0.0714 e. The second kappa shape index (κ2) is 14.9. The van der Waals surface area contributed by atoms with Gasteiger partial charge in [0.2, 0.25) is 0 Å². The van der Waals surface area contributed by atoms with E-state index in [-0.39, 0.29) is 5.41 Å². The standard InChI is InChI=1S/C64H45NS/c1-63(2)54-29-13-9-24-49(54)53-41-46(39-40-55(53)63)65(58-32-15-11-23-47(58)42-19-5-3-6-20-42)59-33-18-31-57-61(59)52-26-10-14-30-56(52)64(57,44-21-7-4-8-22-44)45-37-35-43(36-38-45)48-27-17-28-51-50-25-12-16-34-60(50)66-62(48)51/h3-41H,1-2H3. The number of anilines is 3. The zero-order valence-electron chi connectivity index (χ0n) is 36.9. The largest absolute Gasteiger partial charge is 0.309 e. The number of benzene rings is 10. The Morgan fingerprint density at radius 3 is 1.74 bits per heavy atom. The van der Waals surface area contributed by atoms with Crippen molar-refractivity contribution in [2.45, 2.75) is 24.7 Å². The Morgan fingerprint density at radius 2 is 0.924 bits per heavy atom. The summed E-state index contributed by atoms with van der Waals surface area (Å²) >= 11 is 1.89. The number of rotatable bonds is 7. The fraction of sp³-hybridized carbons (Fsp3) is 0.0625. The molecule has 11 aromatic rings.